The molecule has 0 radical (unpaired) electrons. The molecule has 1 aromatic heterocycles. The number of carbonyl (C=O) groups is 1. The largest absolute Gasteiger partial charge is 0.369 e. The number of anilines is 1. The maximum Gasteiger partial charge on any atom is 0.274 e. The van der Waals surface area contributed by atoms with Crippen LogP contribution in [0.5, 0.6) is 0 Å². The molecule has 5 heteroatoms. The predicted molar refractivity (Wildman–Crippen MR) is 75.1 cm³/mol. The van der Waals surface area contributed by atoms with Crippen molar-refractivity contribution in [1.29, 1.82) is 0 Å². The van der Waals surface area contributed by atoms with Crippen molar-refractivity contribution in [3.8, 4) is 0 Å². The third-order valence-electron chi connectivity index (χ3n) is 3.59. The molecule has 0 aliphatic carbocycles. The van der Waals surface area contributed by atoms with Crippen LogP contribution in [0.4, 0.5) is 5.82 Å². The van der Waals surface area contributed by atoms with Crippen molar-refractivity contribution in [2.45, 2.75) is 39.7 Å². The van der Waals surface area contributed by atoms with Gasteiger partial charge in [0.2, 0.25) is 0 Å². The zero-order valence-electron chi connectivity index (χ0n) is 11.9. The molecule has 1 N–H and O–H groups in total. The van der Waals surface area contributed by atoms with E-state index >= 15 is 0 Å². The molecular weight excluding hydrogens is 240 g/mol. The molecule has 2 unspecified atom stereocenters. The van der Waals surface area contributed by atoms with Crippen molar-refractivity contribution in [3.05, 3.63) is 18.1 Å². The van der Waals surface area contributed by atoms with E-state index in [0.717, 1.165) is 19.5 Å². The van der Waals surface area contributed by atoms with Gasteiger partial charge in [-0.25, -0.2) is 4.98 Å². The summed E-state index contributed by atoms with van der Waals surface area (Å²) in [6.45, 7) is 7.86. The Bertz CT molecular complexity index is 449. The lowest BCUT2D eigenvalue weighted by atomic mass is 9.95. The van der Waals surface area contributed by atoms with Crippen LogP contribution in [0, 0.1) is 5.92 Å². The van der Waals surface area contributed by atoms with E-state index in [1.54, 1.807) is 12.4 Å². The fourth-order valence-electron chi connectivity index (χ4n) is 2.45. The Morgan fingerprint density at radius 2 is 2.21 bits per heavy atom. The zero-order valence-corrected chi connectivity index (χ0v) is 11.9. The summed E-state index contributed by atoms with van der Waals surface area (Å²) in [6, 6.07) is 0.285. The average Bonchev–Trinajstić information content (AvgIpc) is 2.41. The SMILES string of the molecule is CCNc1cncc(C(=O)N2CC(C)CCC2C)n1. The van der Waals surface area contributed by atoms with Crippen LogP contribution in [0.1, 0.15) is 44.1 Å². The minimum atomic E-state index is -0.00805. The highest BCUT2D eigenvalue weighted by atomic mass is 16.2. The van der Waals surface area contributed by atoms with Crippen molar-refractivity contribution >= 4 is 11.7 Å². The second-order valence-electron chi connectivity index (χ2n) is 5.31. The molecule has 5 nitrogen and oxygen atoms in total. The molecule has 19 heavy (non-hydrogen) atoms. The third-order valence-corrected chi connectivity index (χ3v) is 3.59. The molecule has 104 valence electrons. The third kappa shape index (κ3) is 3.22. The van der Waals surface area contributed by atoms with Crippen LogP contribution in [-0.4, -0.2) is 39.9 Å². The summed E-state index contributed by atoms with van der Waals surface area (Å²) in [5, 5.41) is 3.08. The monoisotopic (exact) mass is 262 g/mol. The van der Waals surface area contributed by atoms with Crippen LogP contribution in [0.3, 0.4) is 0 Å². The lowest BCUT2D eigenvalue weighted by Gasteiger charge is -2.36. The molecular formula is C14H22N4O. The summed E-state index contributed by atoms with van der Waals surface area (Å²) in [5.41, 5.74) is 0.430. The highest BCUT2D eigenvalue weighted by Gasteiger charge is 2.28. The summed E-state index contributed by atoms with van der Waals surface area (Å²) in [4.78, 5) is 22.9. The fourth-order valence-corrected chi connectivity index (χ4v) is 2.45. The summed E-state index contributed by atoms with van der Waals surface area (Å²) >= 11 is 0. The molecule has 1 amide bonds. The van der Waals surface area contributed by atoms with E-state index in [0.29, 0.717) is 17.4 Å². The second-order valence-corrected chi connectivity index (χ2v) is 5.31. The normalized spacial score (nSPS) is 23.2. The number of piperidine rings is 1. The molecule has 2 heterocycles. The lowest BCUT2D eigenvalue weighted by Crippen LogP contribution is -2.45. The second kappa shape index (κ2) is 5.99. The first-order valence-electron chi connectivity index (χ1n) is 6.98. The highest BCUT2D eigenvalue weighted by Crippen LogP contribution is 2.22. The molecule has 0 bridgehead atoms. The number of carbonyl (C=O) groups excluding carboxylic acids is 1. The van der Waals surface area contributed by atoms with E-state index in [9.17, 15) is 4.79 Å². The first-order valence-corrected chi connectivity index (χ1v) is 6.98. The van der Waals surface area contributed by atoms with E-state index in [-0.39, 0.29) is 11.9 Å². The topological polar surface area (TPSA) is 58.1 Å². The van der Waals surface area contributed by atoms with Crippen LogP contribution in [0.15, 0.2) is 12.4 Å². The zero-order chi connectivity index (χ0) is 13.8. The first-order chi connectivity index (χ1) is 9.11. The number of hydrogen-bond donors (Lipinski definition) is 1. The van der Waals surface area contributed by atoms with Crippen molar-refractivity contribution in [2.75, 3.05) is 18.4 Å². The molecule has 0 aromatic carbocycles. The summed E-state index contributed by atoms with van der Waals surface area (Å²) in [7, 11) is 0. The van der Waals surface area contributed by atoms with Crippen molar-refractivity contribution in [2.24, 2.45) is 5.92 Å². The molecule has 0 saturated carbocycles. The van der Waals surface area contributed by atoms with Crippen LogP contribution in [0.2, 0.25) is 0 Å². The fraction of sp³-hybridized carbons (Fsp3) is 0.643. The van der Waals surface area contributed by atoms with E-state index in [2.05, 4.69) is 29.1 Å². The molecule has 2 rings (SSSR count). The average molecular weight is 262 g/mol. The quantitative estimate of drug-likeness (QED) is 0.907. The van der Waals surface area contributed by atoms with Gasteiger partial charge in [0, 0.05) is 19.1 Å². The predicted octanol–water partition coefficient (Wildman–Crippen LogP) is 2.17. The number of rotatable bonds is 3. The molecule has 1 aromatic rings. The Kier molecular flexibility index (Phi) is 4.35. The lowest BCUT2D eigenvalue weighted by molar-refractivity contribution is 0.0567. The van der Waals surface area contributed by atoms with Crippen LogP contribution in [-0.2, 0) is 0 Å². The number of likely N-dealkylation sites (tertiary alicyclic amines) is 1. The van der Waals surface area contributed by atoms with Gasteiger partial charge < -0.3 is 10.2 Å². The maximum absolute atomic E-state index is 12.5. The van der Waals surface area contributed by atoms with Gasteiger partial charge in [0.05, 0.1) is 12.4 Å². The van der Waals surface area contributed by atoms with Crippen molar-refractivity contribution in [1.82, 2.24) is 14.9 Å². The van der Waals surface area contributed by atoms with Crippen LogP contribution < -0.4 is 5.32 Å². The Morgan fingerprint density at radius 3 is 2.95 bits per heavy atom. The standard InChI is InChI=1S/C14H22N4O/c1-4-16-13-8-15-7-12(17-13)14(19)18-9-10(2)5-6-11(18)3/h7-8,10-11H,4-6,9H2,1-3H3,(H,16,17). The van der Waals surface area contributed by atoms with E-state index in [1.807, 2.05) is 11.8 Å². The smallest absolute Gasteiger partial charge is 0.274 e. The molecule has 1 aliphatic rings. The number of amides is 1. The van der Waals surface area contributed by atoms with Gasteiger partial charge in [-0.15, -0.1) is 0 Å². The van der Waals surface area contributed by atoms with Gasteiger partial charge in [-0.2, -0.15) is 0 Å². The van der Waals surface area contributed by atoms with Gasteiger partial charge in [-0.05, 0) is 32.6 Å². The summed E-state index contributed by atoms with van der Waals surface area (Å²) in [6.07, 6.45) is 5.44. The highest BCUT2D eigenvalue weighted by molar-refractivity contribution is 5.92. The Morgan fingerprint density at radius 1 is 1.42 bits per heavy atom. The molecule has 1 aliphatic heterocycles. The summed E-state index contributed by atoms with van der Waals surface area (Å²) in [5.74, 6) is 1.21. The van der Waals surface area contributed by atoms with Gasteiger partial charge in [0.15, 0.2) is 0 Å². The van der Waals surface area contributed by atoms with Gasteiger partial charge in [-0.1, -0.05) is 6.92 Å². The van der Waals surface area contributed by atoms with Gasteiger partial charge in [0.1, 0.15) is 11.5 Å². The van der Waals surface area contributed by atoms with Gasteiger partial charge >= 0.3 is 0 Å². The summed E-state index contributed by atoms with van der Waals surface area (Å²) < 4.78 is 0. The van der Waals surface area contributed by atoms with Crippen molar-refractivity contribution < 1.29 is 4.79 Å². The Hall–Kier alpha value is -1.65. The molecule has 1 saturated heterocycles. The number of nitrogens with zero attached hydrogens (tertiary/aromatic N) is 3. The van der Waals surface area contributed by atoms with Crippen LogP contribution >= 0.6 is 0 Å². The van der Waals surface area contributed by atoms with Crippen LogP contribution in [0.25, 0.3) is 0 Å². The Balaban J connectivity index is 2.16. The molecule has 0 spiro atoms. The van der Waals surface area contributed by atoms with Gasteiger partial charge in [0.25, 0.3) is 5.91 Å². The maximum atomic E-state index is 12.5. The number of aromatic nitrogens is 2. The van der Waals surface area contributed by atoms with E-state index in [4.69, 9.17) is 0 Å². The minimum Gasteiger partial charge on any atom is -0.369 e. The minimum absolute atomic E-state index is 0.00805. The van der Waals surface area contributed by atoms with Crippen molar-refractivity contribution in [3.63, 3.8) is 0 Å². The number of nitrogens with one attached hydrogen (secondary N) is 1. The van der Waals surface area contributed by atoms with Gasteiger partial charge in [-0.3, -0.25) is 9.78 Å². The molecule has 2 atom stereocenters. The van der Waals surface area contributed by atoms with E-state index in [1.165, 1.54) is 6.42 Å². The number of hydrogen-bond acceptors (Lipinski definition) is 4. The first kappa shape index (κ1) is 13.8. The molecule has 1 fully saturated rings. The Labute approximate surface area is 114 Å². The van der Waals surface area contributed by atoms with E-state index < -0.39 is 0 Å².